The molecular weight excluding hydrogens is 444 g/mol. The third kappa shape index (κ3) is 6.06. The average Bonchev–Trinajstić information content (AvgIpc) is 3.22. The Morgan fingerprint density at radius 3 is 2.29 bits per heavy atom. The number of imidazole rings is 1. The molecule has 0 N–H and O–H groups in total. The van der Waals surface area contributed by atoms with Gasteiger partial charge in [-0.25, -0.2) is 13.8 Å². The summed E-state index contributed by atoms with van der Waals surface area (Å²) in [4.78, 5) is 7.48. The SMILES string of the molecule is Fc1ccc(Cn2c(CC3CCN(CCCOc4ccc(F)cc4)CC3)nc3ccccc32)cc1. The van der Waals surface area contributed by atoms with Gasteiger partial charge >= 0.3 is 0 Å². The van der Waals surface area contributed by atoms with Gasteiger partial charge in [0, 0.05) is 19.5 Å². The molecule has 1 fully saturated rings. The van der Waals surface area contributed by atoms with Crippen LogP contribution in [0.2, 0.25) is 0 Å². The number of para-hydroxylation sites is 2. The van der Waals surface area contributed by atoms with E-state index < -0.39 is 0 Å². The smallest absolute Gasteiger partial charge is 0.123 e. The predicted octanol–water partition coefficient (Wildman–Crippen LogP) is 6.09. The quantitative estimate of drug-likeness (QED) is 0.275. The van der Waals surface area contributed by atoms with E-state index in [0.29, 0.717) is 24.8 Å². The summed E-state index contributed by atoms with van der Waals surface area (Å²) in [5.41, 5.74) is 3.22. The number of rotatable bonds is 9. The molecule has 0 spiro atoms. The molecule has 5 rings (SSSR count). The van der Waals surface area contributed by atoms with Gasteiger partial charge in [0.15, 0.2) is 0 Å². The summed E-state index contributed by atoms with van der Waals surface area (Å²) in [5, 5.41) is 0. The van der Waals surface area contributed by atoms with Gasteiger partial charge in [0.05, 0.1) is 17.6 Å². The molecule has 0 aliphatic carbocycles. The van der Waals surface area contributed by atoms with Gasteiger partial charge in [0.25, 0.3) is 0 Å². The van der Waals surface area contributed by atoms with E-state index in [-0.39, 0.29) is 11.6 Å². The van der Waals surface area contributed by atoms with Crippen molar-refractivity contribution in [2.24, 2.45) is 5.92 Å². The van der Waals surface area contributed by atoms with Crippen molar-refractivity contribution in [1.82, 2.24) is 14.5 Å². The van der Waals surface area contributed by atoms with Crippen LogP contribution < -0.4 is 4.74 Å². The van der Waals surface area contributed by atoms with E-state index in [1.165, 1.54) is 24.3 Å². The van der Waals surface area contributed by atoms with Crippen LogP contribution in [0.3, 0.4) is 0 Å². The van der Waals surface area contributed by atoms with Gasteiger partial charge < -0.3 is 14.2 Å². The fraction of sp³-hybridized carbons (Fsp3) is 0.345. The molecule has 0 bridgehead atoms. The zero-order valence-corrected chi connectivity index (χ0v) is 19.9. The average molecular weight is 476 g/mol. The maximum absolute atomic E-state index is 13.4. The van der Waals surface area contributed by atoms with Crippen LogP contribution in [-0.2, 0) is 13.0 Å². The molecule has 1 aliphatic rings. The number of likely N-dealkylation sites (tertiary alicyclic amines) is 1. The first-order valence-corrected chi connectivity index (χ1v) is 12.4. The van der Waals surface area contributed by atoms with Gasteiger partial charge in [-0.05, 0) is 92.4 Å². The van der Waals surface area contributed by atoms with Crippen LogP contribution in [0, 0.1) is 17.6 Å². The molecule has 35 heavy (non-hydrogen) atoms. The van der Waals surface area contributed by atoms with Gasteiger partial charge in [-0.1, -0.05) is 24.3 Å². The lowest BCUT2D eigenvalue weighted by atomic mass is 9.93. The molecule has 0 radical (unpaired) electrons. The fourth-order valence-corrected chi connectivity index (χ4v) is 4.91. The van der Waals surface area contributed by atoms with Crippen molar-refractivity contribution in [3.63, 3.8) is 0 Å². The van der Waals surface area contributed by atoms with Crippen molar-refractivity contribution < 1.29 is 13.5 Å². The molecule has 1 saturated heterocycles. The molecular formula is C29H31F2N3O. The second-order valence-corrected chi connectivity index (χ2v) is 9.37. The van der Waals surface area contributed by atoms with Crippen molar-refractivity contribution in [2.45, 2.75) is 32.2 Å². The maximum atomic E-state index is 13.4. The Morgan fingerprint density at radius 1 is 0.857 bits per heavy atom. The topological polar surface area (TPSA) is 30.3 Å². The summed E-state index contributed by atoms with van der Waals surface area (Å²) in [5.74, 6) is 1.98. The summed E-state index contributed by atoms with van der Waals surface area (Å²) in [6.07, 6.45) is 4.21. The van der Waals surface area contributed by atoms with Crippen molar-refractivity contribution in [1.29, 1.82) is 0 Å². The Labute approximate surface area is 205 Å². The fourth-order valence-electron chi connectivity index (χ4n) is 4.91. The standard InChI is InChI=1S/C29H31F2N3O/c30-24-8-6-23(7-9-24)21-34-28-5-2-1-4-27(28)32-29(34)20-22-14-17-33(18-15-22)16-3-19-35-26-12-10-25(31)11-13-26/h1-2,4-13,22H,3,14-21H2. The number of piperidine rings is 1. The number of ether oxygens (including phenoxy) is 1. The molecule has 0 atom stereocenters. The Hall–Kier alpha value is -3.25. The third-order valence-corrected chi connectivity index (χ3v) is 6.87. The number of nitrogens with zero attached hydrogens (tertiary/aromatic N) is 3. The summed E-state index contributed by atoms with van der Waals surface area (Å²) in [6.45, 7) is 4.51. The predicted molar refractivity (Wildman–Crippen MR) is 135 cm³/mol. The first kappa shape index (κ1) is 23.5. The highest BCUT2D eigenvalue weighted by atomic mass is 19.1. The van der Waals surface area contributed by atoms with E-state index in [2.05, 4.69) is 21.6 Å². The first-order valence-electron chi connectivity index (χ1n) is 12.4. The van der Waals surface area contributed by atoms with Crippen LogP contribution in [0.1, 0.15) is 30.7 Å². The number of hydrogen-bond acceptors (Lipinski definition) is 3. The molecule has 1 aromatic heterocycles. The minimum absolute atomic E-state index is 0.210. The molecule has 0 saturated carbocycles. The summed E-state index contributed by atoms with van der Waals surface area (Å²) >= 11 is 0. The van der Waals surface area contributed by atoms with E-state index >= 15 is 0 Å². The molecule has 4 nitrogen and oxygen atoms in total. The van der Waals surface area contributed by atoms with Crippen LogP contribution >= 0.6 is 0 Å². The minimum atomic E-state index is -0.244. The lowest BCUT2D eigenvalue weighted by Crippen LogP contribution is -2.35. The highest BCUT2D eigenvalue weighted by molar-refractivity contribution is 5.76. The molecule has 1 aliphatic heterocycles. The van der Waals surface area contributed by atoms with Crippen LogP contribution in [0.15, 0.2) is 72.8 Å². The molecule has 2 heterocycles. The molecule has 0 amide bonds. The lowest BCUT2D eigenvalue weighted by Gasteiger charge is -2.31. The molecule has 182 valence electrons. The van der Waals surface area contributed by atoms with Gasteiger partial charge in [-0.15, -0.1) is 0 Å². The van der Waals surface area contributed by atoms with Crippen molar-refractivity contribution in [3.05, 3.63) is 95.8 Å². The maximum Gasteiger partial charge on any atom is 0.123 e. The Bertz CT molecular complexity index is 1230. The van der Waals surface area contributed by atoms with E-state index in [0.717, 1.165) is 67.7 Å². The Balaban J connectivity index is 1.14. The second kappa shape index (κ2) is 11.0. The molecule has 6 heteroatoms. The number of hydrogen-bond donors (Lipinski definition) is 0. The summed E-state index contributed by atoms with van der Waals surface area (Å²) < 4.78 is 34.4. The third-order valence-electron chi connectivity index (χ3n) is 6.87. The van der Waals surface area contributed by atoms with Crippen LogP contribution in [0.25, 0.3) is 11.0 Å². The van der Waals surface area contributed by atoms with E-state index in [1.54, 1.807) is 12.1 Å². The number of halogens is 2. The van der Waals surface area contributed by atoms with Crippen molar-refractivity contribution in [3.8, 4) is 5.75 Å². The van der Waals surface area contributed by atoms with Crippen molar-refractivity contribution >= 4 is 11.0 Å². The number of aromatic nitrogens is 2. The Kier molecular flexibility index (Phi) is 7.38. The number of benzene rings is 3. The highest BCUT2D eigenvalue weighted by Crippen LogP contribution is 2.25. The van der Waals surface area contributed by atoms with Gasteiger partial charge in [0.2, 0.25) is 0 Å². The van der Waals surface area contributed by atoms with Gasteiger partial charge in [0.1, 0.15) is 23.2 Å². The van der Waals surface area contributed by atoms with E-state index in [1.807, 2.05) is 24.3 Å². The molecule has 0 unspecified atom stereocenters. The van der Waals surface area contributed by atoms with E-state index in [4.69, 9.17) is 9.72 Å². The summed E-state index contributed by atoms with van der Waals surface area (Å²) in [7, 11) is 0. The van der Waals surface area contributed by atoms with Crippen molar-refractivity contribution in [2.75, 3.05) is 26.2 Å². The van der Waals surface area contributed by atoms with Gasteiger partial charge in [-0.2, -0.15) is 0 Å². The van der Waals surface area contributed by atoms with Gasteiger partial charge in [-0.3, -0.25) is 0 Å². The molecule has 4 aromatic rings. The first-order chi connectivity index (χ1) is 17.1. The Morgan fingerprint density at radius 2 is 1.54 bits per heavy atom. The van der Waals surface area contributed by atoms with E-state index in [9.17, 15) is 8.78 Å². The minimum Gasteiger partial charge on any atom is -0.494 e. The molecule has 3 aromatic carbocycles. The normalized spacial score (nSPS) is 15.0. The van der Waals surface area contributed by atoms with Crippen LogP contribution in [0.4, 0.5) is 8.78 Å². The second-order valence-electron chi connectivity index (χ2n) is 9.37. The zero-order chi connectivity index (χ0) is 24.0. The highest BCUT2D eigenvalue weighted by Gasteiger charge is 2.22. The monoisotopic (exact) mass is 475 g/mol. The lowest BCUT2D eigenvalue weighted by molar-refractivity contribution is 0.169. The van der Waals surface area contributed by atoms with Crippen LogP contribution in [-0.4, -0.2) is 40.7 Å². The van der Waals surface area contributed by atoms with Crippen LogP contribution in [0.5, 0.6) is 5.75 Å². The summed E-state index contributed by atoms with van der Waals surface area (Å²) in [6, 6.07) is 21.2. The number of fused-ring (bicyclic) bond motifs is 1. The largest absolute Gasteiger partial charge is 0.494 e. The zero-order valence-electron chi connectivity index (χ0n) is 19.9.